The Morgan fingerprint density at radius 1 is 1.14 bits per heavy atom. The van der Waals surface area contributed by atoms with Crippen molar-refractivity contribution in [2.45, 2.75) is 50.9 Å². The van der Waals surface area contributed by atoms with Crippen LogP contribution in [0.4, 0.5) is 5.69 Å². The topological polar surface area (TPSA) is 106 Å². The Hall–Kier alpha value is -3.59. The van der Waals surface area contributed by atoms with Crippen LogP contribution in [0, 0.1) is 0 Å². The normalized spacial score (nSPS) is 21.2. The van der Waals surface area contributed by atoms with Gasteiger partial charge in [-0.05, 0) is 61.7 Å². The fraction of sp³-hybridized carbons (Fsp3) is 0.444. The molecule has 9 nitrogen and oxygen atoms in total. The molecule has 36 heavy (non-hydrogen) atoms. The van der Waals surface area contributed by atoms with Crippen molar-refractivity contribution in [3.8, 4) is 11.5 Å². The molecule has 2 aromatic rings. The molecule has 0 radical (unpaired) electrons. The van der Waals surface area contributed by atoms with Gasteiger partial charge in [-0.3, -0.25) is 14.4 Å². The van der Waals surface area contributed by atoms with E-state index in [0.29, 0.717) is 54.1 Å². The number of anilines is 1. The maximum atomic E-state index is 13.4. The molecule has 0 spiro atoms. The van der Waals surface area contributed by atoms with Crippen molar-refractivity contribution < 1.29 is 28.6 Å². The molecular formula is C27H33N3O6. The van der Waals surface area contributed by atoms with Crippen molar-refractivity contribution >= 4 is 23.4 Å². The van der Waals surface area contributed by atoms with E-state index in [1.54, 1.807) is 61.5 Å². The summed E-state index contributed by atoms with van der Waals surface area (Å²) in [5.74, 6) is 0.572. The highest BCUT2D eigenvalue weighted by Gasteiger charge is 2.39. The number of nitrogens with one attached hydrogen (secondary N) is 2. The molecule has 1 saturated heterocycles. The van der Waals surface area contributed by atoms with E-state index >= 15 is 0 Å². The molecule has 4 rings (SSSR count). The molecule has 2 aromatic carbocycles. The molecule has 2 N–H and O–H groups in total. The SMILES string of the molecule is CCCNC(=O)C[C@@H]1CC[C@H]2[C@@H](COc3ccc(NC(=O)c4ccc(OC)cc4)cc3C(=O)N2C)O1. The Kier molecular flexibility index (Phi) is 8.10. The predicted molar refractivity (Wildman–Crippen MR) is 135 cm³/mol. The Balaban J connectivity index is 1.45. The number of benzene rings is 2. The molecule has 2 aliphatic rings. The van der Waals surface area contributed by atoms with Crippen LogP contribution in [0.2, 0.25) is 0 Å². The first-order valence-electron chi connectivity index (χ1n) is 12.3. The highest BCUT2D eigenvalue weighted by atomic mass is 16.5. The monoisotopic (exact) mass is 495 g/mol. The number of ether oxygens (including phenoxy) is 3. The second kappa shape index (κ2) is 11.4. The van der Waals surface area contributed by atoms with Gasteiger partial charge in [-0.1, -0.05) is 6.92 Å². The molecule has 0 unspecified atom stereocenters. The summed E-state index contributed by atoms with van der Waals surface area (Å²) in [6.45, 7) is 2.92. The Morgan fingerprint density at radius 2 is 1.92 bits per heavy atom. The fourth-order valence-electron chi connectivity index (χ4n) is 4.59. The number of rotatable bonds is 7. The van der Waals surface area contributed by atoms with Crippen LogP contribution in [0.5, 0.6) is 11.5 Å². The quantitative estimate of drug-likeness (QED) is 0.611. The molecule has 9 heteroatoms. The lowest BCUT2D eigenvalue weighted by Crippen LogP contribution is -2.54. The predicted octanol–water partition coefficient (Wildman–Crippen LogP) is 3.24. The van der Waals surface area contributed by atoms with E-state index < -0.39 is 0 Å². The van der Waals surface area contributed by atoms with Crippen LogP contribution in [-0.4, -0.2) is 68.2 Å². The van der Waals surface area contributed by atoms with Crippen LogP contribution in [0.1, 0.15) is 53.3 Å². The van der Waals surface area contributed by atoms with Gasteiger partial charge in [-0.2, -0.15) is 0 Å². The first-order valence-corrected chi connectivity index (χ1v) is 12.3. The third-order valence-corrected chi connectivity index (χ3v) is 6.61. The highest BCUT2D eigenvalue weighted by Crippen LogP contribution is 2.32. The van der Waals surface area contributed by atoms with Gasteiger partial charge >= 0.3 is 0 Å². The minimum atomic E-state index is -0.334. The first kappa shape index (κ1) is 25.5. The van der Waals surface area contributed by atoms with Gasteiger partial charge in [0.25, 0.3) is 11.8 Å². The van der Waals surface area contributed by atoms with E-state index in [0.717, 1.165) is 6.42 Å². The minimum absolute atomic E-state index is 0.0222. The Labute approximate surface area is 211 Å². The van der Waals surface area contributed by atoms with Gasteiger partial charge < -0.3 is 29.7 Å². The van der Waals surface area contributed by atoms with E-state index in [-0.39, 0.29) is 42.6 Å². The van der Waals surface area contributed by atoms with Gasteiger partial charge in [-0.15, -0.1) is 0 Å². The fourth-order valence-corrected chi connectivity index (χ4v) is 4.59. The summed E-state index contributed by atoms with van der Waals surface area (Å²) >= 11 is 0. The molecule has 0 aromatic heterocycles. The summed E-state index contributed by atoms with van der Waals surface area (Å²) in [6, 6.07) is 11.6. The number of hydrogen-bond donors (Lipinski definition) is 2. The number of nitrogens with zero attached hydrogens (tertiary/aromatic N) is 1. The van der Waals surface area contributed by atoms with Crippen molar-refractivity contribution in [3.05, 3.63) is 53.6 Å². The average molecular weight is 496 g/mol. The van der Waals surface area contributed by atoms with Crippen molar-refractivity contribution in [1.29, 1.82) is 0 Å². The third kappa shape index (κ3) is 5.79. The summed E-state index contributed by atoms with van der Waals surface area (Å²) in [6.07, 6.45) is 2.04. The number of hydrogen-bond acceptors (Lipinski definition) is 6. The molecular weight excluding hydrogens is 462 g/mol. The second-order valence-corrected chi connectivity index (χ2v) is 9.12. The number of fused-ring (bicyclic) bond motifs is 2. The third-order valence-electron chi connectivity index (χ3n) is 6.61. The molecule has 0 bridgehead atoms. The summed E-state index contributed by atoms with van der Waals surface area (Å²) < 4.78 is 17.3. The zero-order valence-corrected chi connectivity index (χ0v) is 20.9. The lowest BCUT2D eigenvalue weighted by Gasteiger charge is -2.42. The lowest BCUT2D eigenvalue weighted by atomic mass is 9.94. The molecule has 0 saturated carbocycles. The van der Waals surface area contributed by atoms with Gasteiger partial charge in [0.2, 0.25) is 5.91 Å². The number of carbonyl (C=O) groups excluding carboxylic acids is 3. The number of methoxy groups -OCH3 is 1. The molecule has 192 valence electrons. The minimum Gasteiger partial charge on any atom is -0.497 e. The number of carbonyl (C=O) groups is 3. The van der Waals surface area contributed by atoms with Crippen LogP contribution in [0.25, 0.3) is 0 Å². The van der Waals surface area contributed by atoms with E-state index in [2.05, 4.69) is 10.6 Å². The van der Waals surface area contributed by atoms with E-state index in [4.69, 9.17) is 14.2 Å². The summed E-state index contributed by atoms with van der Waals surface area (Å²) in [4.78, 5) is 39.9. The van der Waals surface area contributed by atoms with Crippen LogP contribution in [0.15, 0.2) is 42.5 Å². The zero-order valence-electron chi connectivity index (χ0n) is 20.9. The standard InChI is InChI=1S/C27H33N3O6/c1-4-13-28-25(31)15-20-10-11-22-24(36-20)16-35-23-12-7-18(14-21(23)27(33)30(22)2)29-26(32)17-5-8-19(34-3)9-6-17/h5-9,12,14,20,22,24H,4,10-11,13,15-16H2,1-3H3,(H,28,31)(H,29,32)/t20-,22-,24+/m0/s1. The summed E-state index contributed by atoms with van der Waals surface area (Å²) in [7, 11) is 3.32. The smallest absolute Gasteiger partial charge is 0.257 e. The zero-order chi connectivity index (χ0) is 25.7. The van der Waals surface area contributed by atoms with Crippen LogP contribution >= 0.6 is 0 Å². The molecule has 3 amide bonds. The Morgan fingerprint density at radius 3 is 2.64 bits per heavy atom. The molecule has 2 aliphatic heterocycles. The van der Waals surface area contributed by atoms with E-state index in [9.17, 15) is 14.4 Å². The van der Waals surface area contributed by atoms with Gasteiger partial charge in [0, 0.05) is 24.8 Å². The van der Waals surface area contributed by atoms with Crippen molar-refractivity contribution in [3.63, 3.8) is 0 Å². The summed E-state index contributed by atoms with van der Waals surface area (Å²) in [5, 5.41) is 5.73. The number of likely N-dealkylation sites (N-methyl/N-ethyl adjacent to an activating group) is 1. The highest BCUT2D eigenvalue weighted by molar-refractivity contribution is 6.05. The van der Waals surface area contributed by atoms with Crippen LogP contribution in [-0.2, 0) is 9.53 Å². The van der Waals surface area contributed by atoms with Crippen LogP contribution in [0.3, 0.4) is 0 Å². The van der Waals surface area contributed by atoms with Crippen molar-refractivity contribution in [2.24, 2.45) is 0 Å². The molecule has 2 heterocycles. The van der Waals surface area contributed by atoms with Gasteiger partial charge in [0.1, 0.15) is 24.2 Å². The van der Waals surface area contributed by atoms with Gasteiger partial charge in [-0.25, -0.2) is 0 Å². The van der Waals surface area contributed by atoms with E-state index in [1.807, 2.05) is 6.92 Å². The first-order chi connectivity index (χ1) is 17.4. The van der Waals surface area contributed by atoms with Crippen molar-refractivity contribution in [2.75, 3.05) is 32.6 Å². The largest absolute Gasteiger partial charge is 0.497 e. The van der Waals surface area contributed by atoms with Crippen molar-refractivity contribution in [1.82, 2.24) is 10.2 Å². The molecule has 3 atom stereocenters. The lowest BCUT2D eigenvalue weighted by molar-refractivity contribution is -0.134. The van der Waals surface area contributed by atoms with E-state index in [1.165, 1.54) is 0 Å². The maximum absolute atomic E-state index is 13.4. The van der Waals surface area contributed by atoms with Gasteiger partial charge in [0.15, 0.2) is 0 Å². The molecule has 0 aliphatic carbocycles. The Bertz CT molecular complexity index is 1100. The summed E-state index contributed by atoms with van der Waals surface area (Å²) in [5.41, 5.74) is 1.35. The average Bonchev–Trinajstić information content (AvgIpc) is 2.89. The van der Waals surface area contributed by atoms with Crippen LogP contribution < -0.4 is 20.1 Å². The maximum Gasteiger partial charge on any atom is 0.257 e. The molecule has 1 fully saturated rings. The van der Waals surface area contributed by atoms with Gasteiger partial charge in [0.05, 0.1) is 31.2 Å². The number of amides is 3. The second-order valence-electron chi connectivity index (χ2n) is 9.12.